The predicted molar refractivity (Wildman–Crippen MR) is 75.1 cm³/mol. The monoisotopic (exact) mass is 240 g/mol. The van der Waals surface area contributed by atoms with Crippen molar-refractivity contribution in [1.29, 1.82) is 0 Å². The third-order valence-corrected chi connectivity index (χ3v) is 4.92. The van der Waals surface area contributed by atoms with Gasteiger partial charge < -0.3 is 9.88 Å². The van der Waals surface area contributed by atoms with Gasteiger partial charge in [-0.15, -0.1) is 0 Å². The summed E-state index contributed by atoms with van der Waals surface area (Å²) in [4.78, 5) is 6.19. The Labute approximate surface area is 108 Å². The summed E-state index contributed by atoms with van der Waals surface area (Å²) < 4.78 is 0. The Hall–Kier alpha value is -1.28. The molecule has 0 bridgehead atoms. The number of likely N-dealkylation sites (N-methyl/N-ethyl adjacent to an activating group) is 1. The molecule has 0 spiro atoms. The first-order valence-corrected chi connectivity index (χ1v) is 7.02. The average molecular weight is 240 g/mol. The van der Waals surface area contributed by atoms with Gasteiger partial charge in [0, 0.05) is 35.6 Å². The van der Waals surface area contributed by atoms with Gasteiger partial charge in [-0.25, -0.2) is 0 Å². The van der Waals surface area contributed by atoms with E-state index in [2.05, 4.69) is 42.1 Å². The number of fused-ring (bicyclic) bond motifs is 5. The summed E-state index contributed by atoms with van der Waals surface area (Å²) in [6.07, 6.45) is 2.59. The van der Waals surface area contributed by atoms with Crippen LogP contribution < -0.4 is 0 Å². The molecule has 1 fully saturated rings. The van der Waals surface area contributed by atoms with Crippen molar-refractivity contribution in [3.05, 3.63) is 35.0 Å². The Morgan fingerprint density at radius 2 is 2.17 bits per heavy atom. The predicted octanol–water partition coefficient (Wildman–Crippen LogP) is 3.07. The summed E-state index contributed by atoms with van der Waals surface area (Å²) in [6.45, 7) is 4.73. The first-order valence-electron chi connectivity index (χ1n) is 7.02. The molecule has 1 N–H and O–H groups in total. The standard InChI is InChI=1S/C16H20N2/c1-10-4-3-5-12-15-13-9-18(2)8-11(13)6-7-14(15)17-16(10)12/h3-5,11,13,17H,6-9H2,1-2H3/t11-,13+/m0/s1. The Bertz CT molecular complexity index is 611. The molecule has 2 heterocycles. The van der Waals surface area contributed by atoms with Crippen molar-refractivity contribution in [2.75, 3.05) is 20.1 Å². The van der Waals surface area contributed by atoms with E-state index in [1.165, 1.54) is 48.1 Å². The summed E-state index contributed by atoms with van der Waals surface area (Å²) in [5.41, 5.74) is 5.90. The Balaban J connectivity index is 1.96. The molecule has 2 atom stereocenters. The zero-order valence-corrected chi connectivity index (χ0v) is 11.2. The zero-order chi connectivity index (χ0) is 12.3. The Morgan fingerprint density at radius 1 is 1.28 bits per heavy atom. The first kappa shape index (κ1) is 10.6. The largest absolute Gasteiger partial charge is 0.358 e. The van der Waals surface area contributed by atoms with Gasteiger partial charge in [-0.05, 0) is 43.9 Å². The molecule has 1 aliphatic heterocycles. The Morgan fingerprint density at radius 3 is 3.06 bits per heavy atom. The summed E-state index contributed by atoms with van der Waals surface area (Å²) >= 11 is 0. The normalized spacial score (nSPS) is 27.4. The molecule has 4 rings (SSSR count). The number of para-hydroxylation sites is 1. The van der Waals surface area contributed by atoms with Crippen LogP contribution in [0, 0.1) is 12.8 Å². The smallest absolute Gasteiger partial charge is 0.0488 e. The fourth-order valence-corrected chi connectivity index (χ4v) is 4.10. The van der Waals surface area contributed by atoms with Crippen molar-refractivity contribution in [3.8, 4) is 0 Å². The number of rotatable bonds is 0. The van der Waals surface area contributed by atoms with Gasteiger partial charge in [0.05, 0.1) is 0 Å². The number of nitrogens with one attached hydrogen (secondary N) is 1. The third-order valence-electron chi connectivity index (χ3n) is 4.92. The summed E-state index contributed by atoms with van der Waals surface area (Å²) in [6, 6.07) is 6.72. The molecule has 2 aromatic rings. The molecule has 18 heavy (non-hydrogen) atoms. The van der Waals surface area contributed by atoms with Gasteiger partial charge in [0.1, 0.15) is 0 Å². The maximum Gasteiger partial charge on any atom is 0.0488 e. The Kier molecular flexibility index (Phi) is 2.13. The fourth-order valence-electron chi connectivity index (χ4n) is 4.10. The highest BCUT2D eigenvalue weighted by Gasteiger charge is 2.37. The lowest BCUT2D eigenvalue weighted by Crippen LogP contribution is -2.18. The van der Waals surface area contributed by atoms with Crippen LogP contribution >= 0.6 is 0 Å². The molecule has 0 unspecified atom stereocenters. The highest BCUT2D eigenvalue weighted by molar-refractivity contribution is 5.88. The number of aromatic amines is 1. The van der Waals surface area contributed by atoms with Gasteiger partial charge in [0.2, 0.25) is 0 Å². The van der Waals surface area contributed by atoms with Crippen LogP contribution in [0.2, 0.25) is 0 Å². The maximum atomic E-state index is 3.69. The van der Waals surface area contributed by atoms with E-state index in [-0.39, 0.29) is 0 Å². The lowest BCUT2D eigenvalue weighted by Gasteiger charge is -2.24. The molecule has 0 saturated carbocycles. The minimum absolute atomic E-state index is 0.759. The van der Waals surface area contributed by atoms with Crippen LogP contribution in [0.3, 0.4) is 0 Å². The third kappa shape index (κ3) is 1.33. The molecule has 0 amide bonds. The van der Waals surface area contributed by atoms with E-state index in [1.807, 2.05) is 0 Å². The van der Waals surface area contributed by atoms with Gasteiger partial charge >= 0.3 is 0 Å². The number of hydrogen-bond donors (Lipinski definition) is 1. The first-order chi connectivity index (χ1) is 8.74. The molecular weight excluding hydrogens is 220 g/mol. The second-order valence-corrected chi connectivity index (χ2v) is 6.14. The van der Waals surface area contributed by atoms with Gasteiger partial charge in [-0.2, -0.15) is 0 Å². The van der Waals surface area contributed by atoms with Crippen molar-refractivity contribution < 1.29 is 0 Å². The van der Waals surface area contributed by atoms with Crippen LogP contribution in [0.15, 0.2) is 18.2 Å². The minimum Gasteiger partial charge on any atom is -0.358 e. The lowest BCUT2D eigenvalue weighted by atomic mass is 9.79. The highest BCUT2D eigenvalue weighted by Crippen LogP contribution is 2.44. The molecule has 1 aliphatic carbocycles. The van der Waals surface area contributed by atoms with Crippen molar-refractivity contribution in [1.82, 2.24) is 9.88 Å². The SMILES string of the molecule is Cc1cccc2c3c([nH]c12)CC[C@H]1CN(C)C[C@@H]31. The molecule has 2 nitrogen and oxygen atoms in total. The summed E-state index contributed by atoms with van der Waals surface area (Å²) in [5, 5.41) is 1.48. The quantitative estimate of drug-likeness (QED) is 0.750. The van der Waals surface area contributed by atoms with Crippen LogP contribution in [0.4, 0.5) is 0 Å². The molecule has 2 aliphatic rings. The number of likely N-dealkylation sites (tertiary alicyclic amines) is 1. The van der Waals surface area contributed by atoms with Gasteiger partial charge in [-0.1, -0.05) is 18.2 Å². The van der Waals surface area contributed by atoms with Crippen LogP contribution in [-0.4, -0.2) is 30.0 Å². The number of aryl methyl sites for hydroxylation is 2. The number of nitrogens with zero attached hydrogens (tertiary/aromatic N) is 1. The average Bonchev–Trinajstić information content (AvgIpc) is 2.88. The number of aromatic nitrogens is 1. The minimum atomic E-state index is 0.759. The van der Waals surface area contributed by atoms with Gasteiger partial charge in [0.15, 0.2) is 0 Å². The van der Waals surface area contributed by atoms with E-state index in [1.54, 1.807) is 5.56 Å². The number of benzene rings is 1. The van der Waals surface area contributed by atoms with Crippen LogP contribution in [-0.2, 0) is 6.42 Å². The molecule has 1 saturated heterocycles. The van der Waals surface area contributed by atoms with Gasteiger partial charge in [0.25, 0.3) is 0 Å². The number of H-pyrrole nitrogens is 1. The van der Waals surface area contributed by atoms with Gasteiger partial charge in [-0.3, -0.25) is 0 Å². The van der Waals surface area contributed by atoms with Crippen LogP contribution in [0.25, 0.3) is 10.9 Å². The van der Waals surface area contributed by atoms with Crippen molar-refractivity contribution >= 4 is 10.9 Å². The second-order valence-electron chi connectivity index (χ2n) is 6.14. The fraction of sp³-hybridized carbons (Fsp3) is 0.500. The maximum absolute atomic E-state index is 3.69. The molecule has 1 aromatic heterocycles. The summed E-state index contributed by atoms with van der Waals surface area (Å²) in [7, 11) is 2.26. The van der Waals surface area contributed by atoms with E-state index >= 15 is 0 Å². The summed E-state index contributed by atoms with van der Waals surface area (Å²) in [5.74, 6) is 1.64. The van der Waals surface area contributed by atoms with Crippen LogP contribution in [0.5, 0.6) is 0 Å². The zero-order valence-electron chi connectivity index (χ0n) is 11.2. The lowest BCUT2D eigenvalue weighted by molar-refractivity contribution is 0.386. The molecule has 2 heteroatoms. The van der Waals surface area contributed by atoms with Crippen molar-refractivity contribution in [2.45, 2.75) is 25.7 Å². The van der Waals surface area contributed by atoms with E-state index in [0.29, 0.717) is 0 Å². The van der Waals surface area contributed by atoms with E-state index < -0.39 is 0 Å². The van der Waals surface area contributed by atoms with E-state index in [0.717, 1.165) is 11.8 Å². The van der Waals surface area contributed by atoms with Crippen LogP contribution in [0.1, 0.15) is 29.2 Å². The molecule has 1 aromatic carbocycles. The van der Waals surface area contributed by atoms with Crippen molar-refractivity contribution in [2.24, 2.45) is 5.92 Å². The number of hydrogen-bond acceptors (Lipinski definition) is 1. The molecular formula is C16H20N2. The topological polar surface area (TPSA) is 19.0 Å². The van der Waals surface area contributed by atoms with E-state index in [4.69, 9.17) is 0 Å². The molecule has 0 radical (unpaired) electrons. The highest BCUT2D eigenvalue weighted by atomic mass is 15.1. The molecule has 94 valence electrons. The van der Waals surface area contributed by atoms with Crippen molar-refractivity contribution in [3.63, 3.8) is 0 Å². The second kappa shape index (κ2) is 3.61. The van der Waals surface area contributed by atoms with E-state index in [9.17, 15) is 0 Å².